The van der Waals surface area contributed by atoms with Crippen LogP contribution in [0, 0.1) is 0 Å². The maximum atomic E-state index is 5.54. The molecule has 0 bridgehead atoms. The van der Waals surface area contributed by atoms with E-state index in [9.17, 15) is 0 Å². The Bertz CT molecular complexity index is 1120. The lowest BCUT2D eigenvalue weighted by atomic mass is 10.1. The van der Waals surface area contributed by atoms with Crippen LogP contribution in [-0.4, -0.2) is 31.3 Å². The molecular weight excluding hydrogens is 366 g/mol. The molecule has 3 aromatic carbocycles. The topological polar surface area (TPSA) is 65.5 Å². The third kappa shape index (κ3) is 3.65. The molecule has 0 aliphatic heterocycles. The molecule has 0 radical (unpaired) electrons. The van der Waals surface area contributed by atoms with Gasteiger partial charge in [-0.15, -0.1) is 0 Å². The highest BCUT2D eigenvalue weighted by molar-refractivity contribution is 5.93. The van der Waals surface area contributed by atoms with Crippen LogP contribution in [0.25, 0.3) is 22.3 Å². The number of para-hydroxylation sites is 1. The Labute approximate surface area is 169 Å². The van der Waals surface area contributed by atoms with Crippen molar-refractivity contribution in [3.63, 3.8) is 0 Å². The highest BCUT2D eigenvalue weighted by atomic mass is 16.5. The molecule has 4 aromatic rings. The van der Waals surface area contributed by atoms with Gasteiger partial charge in [-0.05, 0) is 48.5 Å². The monoisotopic (exact) mass is 387 g/mol. The Morgan fingerprint density at radius 1 is 0.690 bits per heavy atom. The standard InChI is InChI=1S/C23H21N3O3/c1-27-16-13-11-15(12-14-16)24-22-17-7-4-5-8-18(17)25-23(26-22)21-19(28-2)9-6-10-20(21)29-3/h4-14H,1-3H3,(H,24,25,26). The Morgan fingerprint density at radius 3 is 2.03 bits per heavy atom. The van der Waals surface area contributed by atoms with E-state index in [1.54, 1.807) is 21.3 Å². The van der Waals surface area contributed by atoms with E-state index < -0.39 is 0 Å². The number of rotatable bonds is 6. The first kappa shape index (κ1) is 18.6. The molecule has 1 heterocycles. The highest BCUT2D eigenvalue weighted by Gasteiger charge is 2.18. The largest absolute Gasteiger partial charge is 0.497 e. The van der Waals surface area contributed by atoms with E-state index in [4.69, 9.17) is 24.2 Å². The number of ether oxygens (including phenoxy) is 3. The predicted octanol–water partition coefficient (Wildman–Crippen LogP) is 5.07. The summed E-state index contributed by atoms with van der Waals surface area (Å²) in [5, 5.41) is 4.31. The van der Waals surface area contributed by atoms with Crippen LogP contribution >= 0.6 is 0 Å². The van der Waals surface area contributed by atoms with Crippen molar-refractivity contribution in [3.05, 3.63) is 66.7 Å². The average Bonchev–Trinajstić information content (AvgIpc) is 2.78. The number of methoxy groups -OCH3 is 3. The Morgan fingerprint density at radius 2 is 1.38 bits per heavy atom. The molecule has 0 atom stereocenters. The number of anilines is 2. The first-order chi connectivity index (χ1) is 14.2. The molecule has 4 rings (SSSR count). The maximum absolute atomic E-state index is 5.54. The van der Waals surface area contributed by atoms with Gasteiger partial charge in [0, 0.05) is 11.1 Å². The second-order valence-electron chi connectivity index (χ2n) is 6.30. The van der Waals surface area contributed by atoms with Gasteiger partial charge in [-0.2, -0.15) is 0 Å². The SMILES string of the molecule is COc1ccc(Nc2nc(-c3c(OC)cccc3OC)nc3ccccc23)cc1. The number of hydrogen-bond acceptors (Lipinski definition) is 6. The van der Waals surface area contributed by atoms with Gasteiger partial charge in [-0.3, -0.25) is 0 Å². The van der Waals surface area contributed by atoms with E-state index in [2.05, 4.69) is 5.32 Å². The Hall–Kier alpha value is -3.80. The quantitative estimate of drug-likeness (QED) is 0.498. The lowest BCUT2D eigenvalue weighted by molar-refractivity contribution is 0.397. The van der Waals surface area contributed by atoms with Crippen molar-refractivity contribution in [2.24, 2.45) is 0 Å². The molecule has 1 aromatic heterocycles. The second-order valence-corrected chi connectivity index (χ2v) is 6.30. The Kier molecular flexibility index (Phi) is 5.16. The summed E-state index contributed by atoms with van der Waals surface area (Å²) in [6.07, 6.45) is 0. The van der Waals surface area contributed by atoms with E-state index in [0.29, 0.717) is 28.7 Å². The van der Waals surface area contributed by atoms with Gasteiger partial charge in [0.05, 0.1) is 26.8 Å². The third-order valence-corrected chi connectivity index (χ3v) is 4.61. The van der Waals surface area contributed by atoms with Crippen LogP contribution in [0.1, 0.15) is 0 Å². The first-order valence-corrected chi connectivity index (χ1v) is 9.12. The molecule has 0 amide bonds. The molecule has 29 heavy (non-hydrogen) atoms. The van der Waals surface area contributed by atoms with Crippen LogP contribution in [0.5, 0.6) is 17.2 Å². The summed E-state index contributed by atoms with van der Waals surface area (Å²) in [6, 6.07) is 21.2. The van der Waals surface area contributed by atoms with Crippen molar-refractivity contribution >= 4 is 22.4 Å². The van der Waals surface area contributed by atoms with Crippen molar-refractivity contribution in [3.8, 4) is 28.6 Å². The Balaban J connectivity index is 1.87. The summed E-state index contributed by atoms with van der Waals surface area (Å²) in [6.45, 7) is 0. The van der Waals surface area contributed by atoms with Gasteiger partial charge in [-0.1, -0.05) is 18.2 Å². The van der Waals surface area contributed by atoms with Gasteiger partial charge in [0.1, 0.15) is 28.6 Å². The van der Waals surface area contributed by atoms with Gasteiger partial charge in [0.25, 0.3) is 0 Å². The van der Waals surface area contributed by atoms with E-state index >= 15 is 0 Å². The summed E-state index contributed by atoms with van der Waals surface area (Å²) in [7, 11) is 4.89. The molecule has 0 aliphatic carbocycles. The van der Waals surface area contributed by atoms with Gasteiger partial charge < -0.3 is 19.5 Å². The summed E-state index contributed by atoms with van der Waals surface area (Å²) in [5.74, 6) is 3.31. The van der Waals surface area contributed by atoms with Crippen LogP contribution in [0.15, 0.2) is 66.7 Å². The lowest BCUT2D eigenvalue weighted by Crippen LogP contribution is -2.01. The number of nitrogens with one attached hydrogen (secondary N) is 1. The van der Waals surface area contributed by atoms with Crippen molar-refractivity contribution in [2.75, 3.05) is 26.6 Å². The third-order valence-electron chi connectivity index (χ3n) is 4.61. The van der Waals surface area contributed by atoms with Crippen LogP contribution in [-0.2, 0) is 0 Å². The number of fused-ring (bicyclic) bond motifs is 1. The molecular formula is C23H21N3O3. The smallest absolute Gasteiger partial charge is 0.169 e. The fraction of sp³-hybridized carbons (Fsp3) is 0.130. The molecule has 0 fully saturated rings. The van der Waals surface area contributed by atoms with Crippen LogP contribution < -0.4 is 19.5 Å². The number of aromatic nitrogens is 2. The van der Waals surface area contributed by atoms with Crippen LogP contribution in [0.2, 0.25) is 0 Å². The molecule has 0 saturated carbocycles. The zero-order valence-electron chi connectivity index (χ0n) is 16.5. The molecule has 0 spiro atoms. The first-order valence-electron chi connectivity index (χ1n) is 9.12. The highest BCUT2D eigenvalue weighted by Crippen LogP contribution is 2.38. The maximum Gasteiger partial charge on any atom is 0.169 e. The van der Waals surface area contributed by atoms with E-state index in [-0.39, 0.29) is 0 Å². The van der Waals surface area contributed by atoms with E-state index in [1.807, 2.05) is 66.7 Å². The van der Waals surface area contributed by atoms with Gasteiger partial charge in [-0.25, -0.2) is 9.97 Å². The zero-order valence-corrected chi connectivity index (χ0v) is 16.5. The molecule has 0 unspecified atom stereocenters. The van der Waals surface area contributed by atoms with Crippen molar-refractivity contribution in [1.82, 2.24) is 9.97 Å². The van der Waals surface area contributed by atoms with Crippen LogP contribution in [0.4, 0.5) is 11.5 Å². The number of nitrogens with zero attached hydrogens (tertiary/aromatic N) is 2. The van der Waals surface area contributed by atoms with Crippen molar-refractivity contribution in [1.29, 1.82) is 0 Å². The fourth-order valence-corrected chi connectivity index (χ4v) is 3.17. The summed E-state index contributed by atoms with van der Waals surface area (Å²) >= 11 is 0. The normalized spacial score (nSPS) is 10.6. The van der Waals surface area contributed by atoms with E-state index in [0.717, 1.165) is 22.3 Å². The van der Waals surface area contributed by atoms with Gasteiger partial charge in [0.2, 0.25) is 0 Å². The van der Waals surface area contributed by atoms with Crippen molar-refractivity contribution in [2.45, 2.75) is 0 Å². The molecule has 6 heteroatoms. The van der Waals surface area contributed by atoms with Crippen LogP contribution in [0.3, 0.4) is 0 Å². The molecule has 6 nitrogen and oxygen atoms in total. The minimum atomic E-state index is 0.522. The molecule has 1 N–H and O–H groups in total. The van der Waals surface area contributed by atoms with Gasteiger partial charge in [0.15, 0.2) is 5.82 Å². The summed E-state index contributed by atoms with van der Waals surface area (Å²) in [4.78, 5) is 9.57. The number of benzene rings is 3. The minimum absolute atomic E-state index is 0.522. The predicted molar refractivity (Wildman–Crippen MR) is 114 cm³/mol. The fourth-order valence-electron chi connectivity index (χ4n) is 3.17. The second kappa shape index (κ2) is 8.06. The summed E-state index contributed by atoms with van der Waals surface area (Å²) in [5.41, 5.74) is 2.43. The zero-order chi connectivity index (χ0) is 20.2. The van der Waals surface area contributed by atoms with Crippen molar-refractivity contribution < 1.29 is 14.2 Å². The lowest BCUT2D eigenvalue weighted by Gasteiger charge is -2.15. The molecule has 146 valence electrons. The minimum Gasteiger partial charge on any atom is -0.497 e. The van der Waals surface area contributed by atoms with Gasteiger partial charge >= 0.3 is 0 Å². The number of hydrogen-bond donors (Lipinski definition) is 1. The molecule has 0 aliphatic rings. The molecule has 0 saturated heterocycles. The average molecular weight is 387 g/mol. The van der Waals surface area contributed by atoms with E-state index in [1.165, 1.54) is 0 Å². The summed E-state index contributed by atoms with van der Waals surface area (Å²) < 4.78 is 16.3.